The van der Waals surface area contributed by atoms with Gasteiger partial charge in [-0.1, -0.05) is 37.3 Å². The topological polar surface area (TPSA) is 32.7 Å². The predicted octanol–water partition coefficient (Wildman–Crippen LogP) is 3.31. The molecule has 3 nitrogen and oxygen atoms in total. The number of nitrogens with zero attached hydrogens (tertiary/aromatic N) is 1. The van der Waals surface area contributed by atoms with Crippen LogP contribution in [0.4, 0.5) is 0 Å². The van der Waals surface area contributed by atoms with E-state index >= 15 is 0 Å². The minimum atomic E-state index is -0.668. The van der Waals surface area contributed by atoms with Gasteiger partial charge in [-0.3, -0.25) is 4.90 Å². The standard InChI is InChI=1S/C18H25NO2/c1-4-19(14-18(2,3)20)11-12-21-17-10-9-15-7-5-6-8-16(15)13-17/h5-10,13,20H,4,11-12,14H2,1-3H3. The highest BCUT2D eigenvalue weighted by atomic mass is 16.5. The summed E-state index contributed by atoms with van der Waals surface area (Å²) in [6.45, 7) is 8.77. The summed E-state index contributed by atoms with van der Waals surface area (Å²) in [6, 6.07) is 14.4. The van der Waals surface area contributed by atoms with E-state index in [1.807, 2.05) is 32.0 Å². The van der Waals surface area contributed by atoms with E-state index < -0.39 is 5.60 Å². The van der Waals surface area contributed by atoms with Gasteiger partial charge in [-0.05, 0) is 43.3 Å². The van der Waals surface area contributed by atoms with Crippen LogP contribution in [0.5, 0.6) is 5.75 Å². The van der Waals surface area contributed by atoms with E-state index in [1.165, 1.54) is 10.8 Å². The third kappa shape index (κ3) is 5.03. The first-order valence-corrected chi connectivity index (χ1v) is 7.54. The zero-order chi connectivity index (χ0) is 15.3. The zero-order valence-electron chi connectivity index (χ0n) is 13.2. The smallest absolute Gasteiger partial charge is 0.120 e. The van der Waals surface area contributed by atoms with Crippen molar-refractivity contribution in [1.82, 2.24) is 4.90 Å². The summed E-state index contributed by atoms with van der Waals surface area (Å²) in [5, 5.41) is 12.3. The summed E-state index contributed by atoms with van der Waals surface area (Å²) in [6.07, 6.45) is 0. The van der Waals surface area contributed by atoms with Crippen LogP contribution in [-0.4, -0.2) is 41.8 Å². The van der Waals surface area contributed by atoms with Crippen LogP contribution in [0.1, 0.15) is 20.8 Å². The Balaban J connectivity index is 1.89. The molecule has 0 saturated carbocycles. The number of fused-ring (bicyclic) bond motifs is 1. The maximum atomic E-state index is 9.87. The summed E-state index contributed by atoms with van der Waals surface area (Å²) in [4.78, 5) is 2.20. The second kappa shape index (κ2) is 6.92. The predicted molar refractivity (Wildman–Crippen MR) is 87.9 cm³/mol. The summed E-state index contributed by atoms with van der Waals surface area (Å²) in [5.74, 6) is 0.896. The first-order chi connectivity index (χ1) is 9.98. The maximum Gasteiger partial charge on any atom is 0.120 e. The third-order valence-corrected chi connectivity index (χ3v) is 3.45. The molecule has 0 saturated heterocycles. The number of hydrogen-bond acceptors (Lipinski definition) is 3. The minimum absolute atomic E-state index is 0.627. The van der Waals surface area contributed by atoms with E-state index in [0.717, 1.165) is 18.8 Å². The van der Waals surface area contributed by atoms with Crippen LogP contribution in [-0.2, 0) is 0 Å². The Bertz CT molecular complexity index is 575. The Morgan fingerprint density at radius 3 is 2.48 bits per heavy atom. The monoisotopic (exact) mass is 287 g/mol. The van der Waals surface area contributed by atoms with E-state index in [9.17, 15) is 5.11 Å². The van der Waals surface area contributed by atoms with Crippen LogP contribution in [0.2, 0.25) is 0 Å². The van der Waals surface area contributed by atoms with Crippen molar-refractivity contribution in [2.45, 2.75) is 26.4 Å². The Kier molecular flexibility index (Phi) is 5.21. The molecule has 0 unspecified atom stereocenters. The van der Waals surface area contributed by atoms with E-state index in [4.69, 9.17) is 4.74 Å². The fourth-order valence-electron chi connectivity index (χ4n) is 2.45. The average molecular weight is 287 g/mol. The van der Waals surface area contributed by atoms with Crippen molar-refractivity contribution in [3.05, 3.63) is 42.5 Å². The highest BCUT2D eigenvalue weighted by molar-refractivity contribution is 5.83. The lowest BCUT2D eigenvalue weighted by Crippen LogP contribution is -2.40. The highest BCUT2D eigenvalue weighted by Gasteiger charge is 2.16. The van der Waals surface area contributed by atoms with Crippen molar-refractivity contribution < 1.29 is 9.84 Å². The van der Waals surface area contributed by atoms with Gasteiger partial charge >= 0.3 is 0 Å². The lowest BCUT2D eigenvalue weighted by atomic mass is 10.1. The lowest BCUT2D eigenvalue weighted by Gasteiger charge is -2.27. The van der Waals surface area contributed by atoms with Gasteiger partial charge < -0.3 is 9.84 Å². The van der Waals surface area contributed by atoms with Gasteiger partial charge in [0.25, 0.3) is 0 Å². The van der Waals surface area contributed by atoms with Crippen molar-refractivity contribution >= 4 is 10.8 Å². The molecular weight excluding hydrogens is 262 g/mol. The number of ether oxygens (including phenoxy) is 1. The molecule has 0 amide bonds. The number of benzene rings is 2. The van der Waals surface area contributed by atoms with Gasteiger partial charge in [0.1, 0.15) is 12.4 Å². The molecule has 2 aromatic carbocycles. The normalized spacial score (nSPS) is 12.0. The second-order valence-corrected chi connectivity index (χ2v) is 6.04. The quantitative estimate of drug-likeness (QED) is 0.848. The van der Waals surface area contributed by atoms with Crippen molar-refractivity contribution in [3.63, 3.8) is 0 Å². The van der Waals surface area contributed by atoms with E-state index in [2.05, 4.69) is 36.1 Å². The molecule has 21 heavy (non-hydrogen) atoms. The summed E-state index contributed by atoms with van der Waals surface area (Å²) in [5.41, 5.74) is -0.668. The maximum absolute atomic E-state index is 9.87. The largest absolute Gasteiger partial charge is 0.492 e. The summed E-state index contributed by atoms with van der Waals surface area (Å²) >= 11 is 0. The van der Waals surface area contributed by atoms with Crippen LogP contribution < -0.4 is 4.74 Å². The van der Waals surface area contributed by atoms with E-state index in [1.54, 1.807) is 0 Å². The molecule has 2 aromatic rings. The fourth-order valence-corrected chi connectivity index (χ4v) is 2.45. The number of rotatable bonds is 7. The van der Waals surface area contributed by atoms with Crippen molar-refractivity contribution in [2.24, 2.45) is 0 Å². The molecule has 0 heterocycles. The van der Waals surface area contributed by atoms with Crippen LogP contribution in [0.25, 0.3) is 10.8 Å². The molecule has 0 spiro atoms. The zero-order valence-corrected chi connectivity index (χ0v) is 13.2. The van der Waals surface area contributed by atoms with Crippen LogP contribution in [0.15, 0.2) is 42.5 Å². The highest BCUT2D eigenvalue weighted by Crippen LogP contribution is 2.20. The molecule has 0 aliphatic carbocycles. The molecule has 0 atom stereocenters. The minimum Gasteiger partial charge on any atom is -0.492 e. The number of likely N-dealkylation sites (N-methyl/N-ethyl adjacent to an activating group) is 1. The Morgan fingerprint density at radius 2 is 1.81 bits per heavy atom. The molecule has 1 N–H and O–H groups in total. The van der Waals surface area contributed by atoms with Gasteiger partial charge in [-0.2, -0.15) is 0 Å². The molecule has 114 valence electrons. The van der Waals surface area contributed by atoms with Gasteiger partial charge in [0.05, 0.1) is 5.60 Å². The van der Waals surface area contributed by atoms with Crippen LogP contribution in [0.3, 0.4) is 0 Å². The van der Waals surface area contributed by atoms with Gasteiger partial charge in [0, 0.05) is 13.1 Å². The molecule has 0 aliphatic rings. The first-order valence-electron chi connectivity index (χ1n) is 7.54. The van der Waals surface area contributed by atoms with Crippen molar-refractivity contribution in [3.8, 4) is 5.75 Å². The van der Waals surface area contributed by atoms with E-state index in [-0.39, 0.29) is 0 Å². The van der Waals surface area contributed by atoms with Gasteiger partial charge in [0.2, 0.25) is 0 Å². The Hall–Kier alpha value is -1.58. The molecule has 2 rings (SSSR count). The van der Waals surface area contributed by atoms with Gasteiger partial charge in [-0.25, -0.2) is 0 Å². The molecule has 0 aromatic heterocycles. The Morgan fingerprint density at radius 1 is 1.10 bits per heavy atom. The van der Waals surface area contributed by atoms with Gasteiger partial charge in [0.15, 0.2) is 0 Å². The molecule has 0 bridgehead atoms. The number of aliphatic hydroxyl groups is 1. The molecule has 0 radical (unpaired) electrons. The van der Waals surface area contributed by atoms with Crippen LogP contribution in [0, 0.1) is 0 Å². The second-order valence-electron chi connectivity index (χ2n) is 6.04. The molecule has 3 heteroatoms. The first kappa shape index (κ1) is 15.8. The third-order valence-electron chi connectivity index (χ3n) is 3.45. The van der Waals surface area contributed by atoms with Crippen molar-refractivity contribution in [1.29, 1.82) is 0 Å². The molecule has 0 aliphatic heterocycles. The van der Waals surface area contributed by atoms with Crippen LogP contribution >= 0.6 is 0 Å². The average Bonchev–Trinajstić information content (AvgIpc) is 2.45. The van der Waals surface area contributed by atoms with E-state index in [0.29, 0.717) is 13.2 Å². The lowest BCUT2D eigenvalue weighted by molar-refractivity contribution is 0.0340. The molecular formula is C18H25NO2. The summed E-state index contributed by atoms with van der Waals surface area (Å²) in [7, 11) is 0. The fraction of sp³-hybridized carbons (Fsp3) is 0.444. The SMILES string of the molecule is CCN(CCOc1ccc2ccccc2c1)CC(C)(C)O. The van der Waals surface area contributed by atoms with Crippen molar-refractivity contribution in [2.75, 3.05) is 26.2 Å². The Labute approximate surface area is 127 Å². The summed E-state index contributed by atoms with van der Waals surface area (Å²) < 4.78 is 5.84. The number of hydrogen-bond donors (Lipinski definition) is 1. The van der Waals surface area contributed by atoms with Gasteiger partial charge in [-0.15, -0.1) is 0 Å². The molecule has 0 fully saturated rings.